The zero-order valence-electron chi connectivity index (χ0n) is 21.8. The van der Waals surface area contributed by atoms with E-state index in [0.717, 1.165) is 23.6 Å². The van der Waals surface area contributed by atoms with Crippen molar-refractivity contribution in [2.24, 2.45) is 0 Å². The fourth-order valence-corrected chi connectivity index (χ4v) is 4.19. The molecule has 0 aliphatic heterocycles. The summed E-state index contributed by atoms with van der Waals surface area (Å²) in [6.45, 7) is 13.7. The van der Waals surface area contributed by atoms with E-state index in [1.54, 1.807) is 24.3 Å². The molecule has 198 valence electrons. The SMILES string of the molecule is C=CC(=O)OCCN(CC)c1ccc(C2=C(O)C(=C3C=CC(=[N+](CC)CCOC(=O)C=C)C=C3)C2=O)cc1. The van der Waals surface area contributed by atoms with Gasteiger partial charge in [-0.1, -0.05) is 25.3 Å². The molecule has 0 atom stereocenters. The third-order valence-corrected chi connectivity index (χ3v) is 6.28. The monoisotopic (exact) mass is 517 g/mol. The second-order valence-corrected chi connectivity index (χ2v) is 8.42. The molecule has 0 spiro atoms. The summed E-state index contributed by atoms with van der Waals surface area (Å²) in [5.74, 6) is -1.16. The van der Waals surface area contributed by atoms with E-state index < -0.39 is 11.9 Å². The Morgan fingerprint density at radius 1 is 0.947 bits per heavy atom. The van der Waals surface area contributed by atoms with Crippen LogP contribution < -0.4 is 4.90 Å². The van der Waals surface area contributed by atoms with E-state index in [4.69, 9.17) is 9.47 Å². The second-order valence-electron chi connectivity index (χ2n) is 8.42. The molecule has 1 aromatic rings. The molecule has 2 aliphatic rings. The number of nitrogens with zero attached hydrogens (tertiary/aromatic N) is 2. The van der Waals surface area contributed by atoms with Gasteiger partial charge >= 0.3 is 11.9 Å². The lowest BCUT2D eigenvalue weighted by molar-refractivity contribution is -0.524. The van der Waals surface area contributed by atoms with Crippen molar-refractivity contribution in [3.63, 3.8) is 0 Å². The summed E-state index contributed by atoms with van der Waals surface area (Å²) in [4.78, 5) is 37.6. The number of Topliss-reactive ketones (excluding diaryl/α,β-unsaturated/α-hetero) is 1. The predicted octanol–water partition coefficient (Wildman–Crippen LogP) is 3.72. The van der Waals surface area contributed by atoms with Crippen LogP contribution in [-0.4, -0.2) is 72.5 Å². The molecule has 0 amide bonds. The smallest absolute Gasteiger partial charge is 0.330 e. The lowest BCUT2D eigenvalue weighted by Crippen LogP contribution is -2.28. The normalized spacial score (nSPS) is 14.3. The van der Waals surface area contributed by atoms with Gasteiger partial charge in [0.25, 0.3) is 0 Å². The van der Waals surface area contributed by atoms with Gasteiger partial charge in [-0.05, 0) is 49.3 Å². The molecule has 2 aliphatic carbocycles. The topological polar surface area (TPSA) is 96.1 Å². The maximum Gasteiger partial charge on any atom is 0.330 e. The lowest BCUT2D eigenvalue weighted by Gasteiger charge is -2.25. The minimum atomic E-state index is -0.460. The molecule has 0 radical (unpaired) electrons. The van der Waals surface area contributed by atoms with E-state index in [0.29, 0.717) is 37.3 Å². The van der Waals surface area contributed by atoms with Crippen LogP contribution in [0.3, 0.4) is 0 Å². The number of rotatable bonds is 12. The molecule has 1 N–H and O–H groups in total. The van der Waals surface area contributed by atoms with Crippen molar-refractivity contribution in [2.45, 2.75) is 13.8 Å². The Labute approximate surface area is 222 Å². The van der Waals surface area contributed by atoms with Gasteiger partial charge < -0.3 is 19.5 Å². The maximum absolute atomic E-state index is 13.0. The van der Waals surface area contributed by atoms with Crippen LogP contribution in [0, 0.1) is 0 Å². The molecule has 0 saturated heterocycles. The number of aliphatic hydroxyl groups excluding tert-OH is 1. The van der Waals surface area contributed by atoms with Gasteiger partial charge in [0, 0.05) is 36.5 Å². The van der Waals surface area contributed by atoms with Gasteiger partial charge in [-0.3, -0.25) is 4.79 Å². The van der Waals surface area contributed by atoms with Crippen molar-refractivity contribution >= 4 is 34.7 Å². The molecule has 0 saturated carbocycles. The van der Waals surface area contributed by atoms with Gasteiger partial charge in [0.15, 0.2) is 12.3 Å². The summed E-state index contributed by atoms with van der Waals surface area (Å²) < 4.78 is 12.2. The van der Waals surface area contributed by atoms with Crippen molar-refractivity contribution in [2.75, 3.05) is 44.3 Å². The van der Waals surface area contributed by atoms with Gasteiger partial charge in [0.05, 0.1) is 17.7 Å². The molecule has 0 bridgehead atoms. The van der Waals surface area contributed by atoms with Crippen LogP contribution in [0.15, 0.2) is 90.8 Å². The highest BCUT2D eigenvalue weighted by atomic mass is 16.5. The van der Waals surface area contributed by atoms with Crippen LogP contribution in [0.2, 0.25) is 0 Å². The number of hydrogen-bond acceptors (Lipinski definition) is 7. The van der Waals surface area contributed by atoms with E-state index in [1.165, 1.54) is 0 Å². The predicted molar refractivity (Wildman–Crippen MR) is 147 cm³/mol. The number of carbonyl (C=O) groups excluding carboxylic acids is 3. The molecule has 1 aromatic carbocycles. The number of benzene rings is 1. The van der Waals surface area contributed by atoms with Gasteiger partial charge in [0.1, 0.15) is 25.5 Å². The molecule has 8 heteroatoms. The van der Waals surface area contributed by atoms with Gasteiger partial charge in [-0.15, -0.1) is 0 Å². The number of ether oxygens (including phenoxy) is 2. The molecule has 0 aromatic heterocycles. The highest BCUT2D eigenvalue weighted by Crippen LogP contribution is 2.39. The Balaban J connectivity index is 1.72. The fraction of sp³-hybridized carbons (Fsp3) is 0.267. The number of allylic oxidation sites excluding steroid dienone is 7. The first kappa shape index (κ1) is 28.1. The van der Waals surface area contributed by atoms with Crippen LogP contribution in [0.5, 0.6) is 0 Å². The Hall–Kier alpha value is -4.46. The maximum atomic E-state index is 13.0. The molecule has 0 unspecified atom stereocenters. The standard InChI is InChI=1S/C30H32N2O6/c1-5-25(33)37-19-17-31(7-3)23-13-9-21(10-14-23)27-29(35)28(30(27)36)22-11-15-24(16-12-22)32(8-4)18-20-38-26(34)6-2/h5-6,9-16H,1-2,7-8,17-20H2,3-4H3/p+1. The number of ketones is 1. The largest absolute Gasteiger partial charge is 0.506 e. The third kappa shape index (κ3) is 6.45. The summed E-state index contributed by atoms with van der Waals surface area (Å²) >= 11 is 0. The minimum Gasteiger partial charge on any atom is -0.506 e. The molecule has 0 heterocycles. The molecular formula is C30H33N2O6+. The number of hydrogen-bond donors (Lipinski definition) is 1. The first-order chi connectivity index (χ1) is 18.3. The van der Waals surface area contributed by atoms with Crippen molar-refractivity contribution in [3.8, 4) is 0 Å². The summed E-state index contributed by atoms with van der Waals surface area (Å²) in [6.07, 6.45) is 9.62. The first-order valence-electron chi connectivity index (χ1n) is 12.5. The van der Waals surface area contributed by atoms with Crippen LogP contribution in [0.25, 0.3) is 5.57 Å². The molecule has 0 fully saturated rings. The Morgan fingerprint density at radius 2 is 1.55 bits per heavy atom. The van der Waals surface area contributed by atoms with Gasteiger partial charge in [-0.25, -0.2) is 14.2 Å². The fourth-order valence-electron chi connectivity index (χ4n) is 4.19. The Kier molecular flexibility index (Phi) is 9.76. The van der Waals surface area contributed by atoms with Crippen molar-refractivity contribution in [1.82, 2.24) is 0 Å². The number of aliphatic hydroxyl groups is 1. The molecule has 8 nitrogen and oxygen atoms in total. The Bertz CT molecular complexity index is 1260. The lowest BCUT2D eigenvalue weighted by atomic mass is 9.80. The number of carbonyl (C=O) groups is 3. The Morgan fingerprint density at radius 3 is 2.08 bits per heavy atom. The van der Waals surface area contributed by atoms with Crippen molar-refractivity contribution in [3.05, 3.63) is 96.3 Å². The third-order valence-electron chi connectivity index (χ3n) is 6.28. The van der Waals surface area contributed by atoms with Crippen molar-refractivity contribution in [1.29, 1.82) is 0 Å². The average Bonchev–Trinajstić information content (AvgIpc) is 2.94. The number of anilines is 1. The summed E-state index contributed by atoms with van der Waals surface area (Å²) in [7, 11) is 0. The average molecular weight is 518 g/mol. The van der Waals surface area contributed by atoms with Crippen LogP contribution in [0.4, 0.5) is 5.69 Å². The van der Waals surface area contributed by atoms with Crippen LogP contribution in [0.1, 0.15) is 19.4 Å². The second kappa shape index (κ2) is 13.2. The highest BCUT2D eigenvalue weighted by Gasteiger charge is 2.36. The van der Waals surface area contributed by atoms with E-state index in [-0.39, 0.29) is 35.9 Å². The van der Waals surface area contributed by atoms with E-state index in [2.05, 4.69) is 13.2 Å². The van der Waals surface area contributed by atoms with Crippen molar-refractivity contribution < 1.29 is 33.5 Å². The van der Waals surface area contributed by atoms with Crippen LogP contribution >= 0.6 is 0 Å². The molecule has 3 rings (SSSR count). The van der Waals surface area contributed by atoms with E-state index in [9.17, 15) is 19.5 Å². The van der Waals surface area contributed by atoms with Crippen LogP contribution in [-0.2, 0) is 23.9 Å². The molecular weight excluding hydrogens is 484 g/mol. The quantitative estimate of drug-likeness (QED) is 0.256. The minimum absolute atomic E-state index is 0.0251. The first-order valence-corrected chi connectivity index (χ1v) is 12.5. The van der Waals surface area contributed by atoms with Gasteiger partial charge in [0.2, 0.25) is 5.78 Å². The number of esters is 2. The highest BCUT2D eigenvalue weighted by molar-refractivity contribution is 6.39. The summed E-state index contributed by atoms with van der Waals surface area (Å²) in [5.41, 5.74) is 3.68. The van der Waals surface area contributed by atoms with Gasteiger partial charge in [-0.2, -0.15) is 0 Å². The van der Waals surface area contributed by atoms with E-state index in [1.807, 2.05) is 47.6 Å². The summed E-state index contributed by atoms with van der Waals surface area (Å²) in [6, 6.07) is 7.35. The zero-order chi connectivity index (χ0) is 27.7. The van der Waals surface area contributed by atoms with E-state index >= 15 is 0 Å². The summed E-state index contributed by atoms with van der Waals surface area (Å²) in [5, 5.41) is 10.8. The number of likely N-dealkylation sites (N-methyl/N-ethyl adjacent to an activating group) is 2. The zero-order valence-corrected chi connectivity index (χ0v) is 21.8. The molecule has 38 heavy (non-hydrogen) atoms.